The lowest BCUT2D eigenvalue weighted by atomic mass is 10.1. The van der Waals surface area contributed by atoms with E-state index in [-0.39, 0.29) is 5.76 Å². The molecule has 0 spiro atoms. The Kier molecular flexibility index (Phi) is 3.64. The first-order valence-corrected chi connectivity index (χ1v) is 6.03. The smallest absolute Gasteiger partial charge is 0.375 e. The molecule has 0 saturated heterocycles. The van der Waals surface area contributed by atoms with E-state index in [1.807, 2.05) is 30.3 Å². The number of carbonyl (C=O) groups excluding carboxylic acids is 1. The number of hydrogen-bond acceptors (Lipinski definition) is 3. The van der Waals surface area contributed by atoms with Gasteiger partial charge in [0.2, 0.25) is 5.76 Å². The van der Waals surface area contributed by atoms with E-state index in [1.165, 1.54) is 0 Å². The number of furan rings is 1. The molecule has 0 saturated carbocycles. The molecule has 0 amide bonds. The van der Waals surface area contributed by atoms with Gasteiger partial charge in [-0.25, -0.2) is 4.79 Å². The highest BCUT2D eigenvalue weighted by atomic mass is 79.9. The highest BCUT2D eigenvalue weighted by molar-refractivity contribution is 9.10. The second-order valence-electron chi connectivity index (χ2n) is 3.38. The van der Waals surface area contributed by atoms with Gasteiger partial charge in [0.1, 0.15) is 6.26 Å². The van der Waals surface area contributed by atoms with Gasteiger partial charge in [-0.15, -0.1) is 0 Å². The van der Waals surface area contributed by atoms with Gasteiger partial charge in [-0.3, -0.25) is 0 Å². The molecule has 1 heterocycles. The minimum atomic E-state index is -0.457. The van der Waals surface area contributed by atoms with Crippen molar-refractivity contribution < 1.29 is 13.9 Å². The van der Waals surface area contributed by atoms with Gasteiger partial charge in [0.05, 0.1) is 11.1 Å². The molecule has 0 N–H and O–H groups in total. The summed E-state index contributed by atoms with van der Waals surface area (Å²) in [4.78, 5) is 11.6. The zero-order valence-corrected chi connectivity index (χ0v) is 10.9. The summed E-state index contributed by atoms with van der Waals surface area (Å²) >= 11 is 3.36. The summed E-state index contributed by atoms with van der Waals surface area (Å²) < 4.78 is 10.8. The minimum Gasteiger partial charge on any atom is -0.460 e. The minimum absolute atomic E-state index is 0.200. The maximum atomic E-state index is 11.6. The van der Waals surface area contributed by atoms with Crippen molar-refractivity contribution in [3.63, 3.8) is 0 Å². The van der Waals surface area contributed by atoms with Crippen molar-refractivity contribution in [2.45, 2.75) is 6.92 Å². The van der Waals surface area contributed by atoms with Gasteiger partial charge in [0.25, 0.3) is 0 Å². The molecule has 0 fully saturated rings. The lowest BCUT2D eigenvalue weighted by Crippen LogP contribution is -2.03. The Hall–Kier alpha value is -1.55. The first-order chi connectivity index (χ1) is 8.24. The Labute approximate surface area is 108 Å². The quantitative estimate of drug-likeness (QED) is 0.806. The number of carbonyl (C=O) groups is 1. The maximum absolute atomic E-state index is 11.6. The van der Waals surface area contributed by atoms with Crippen LogP contribution in [0.15, 0.2) is 45.5 Å². The number of halogens is 1. The largest absolute Gasteiger partial charge is 0.460 e. The molecule has 3 nitrogen and oxygen atoms in total. The van der Waals surface area contributed by atoms with Crippen molar-refractivity contribution >= 4 is 21.9 Å². The number of hydrogen-bond donors (Lipinski definition) is 0. The Balaban J connectivity index is 2.37. The molecule has 17 heavy (non-hydrogen) atoms. The summed E-state index contributed by atoms with van der Waals surface area (Å²) in [5.41, 5.74) is 1.83. The highest BCUT2D eigenvalue weighted by Crippen LogP contribution is 2.33. The molecule has 0 aliphatic heterocycles. The van der Waals surface area contributed by atoms with E-state index in [9.17, 15) is 4.79 Å². The first-order valence-electron chi connectivity index (χ1n) is 5.23. The van der Waals surface area contributed by atoms with Crippen LogP contribution in [0.25, 0.3) is 11.1 Å². The number of rotatable bonds is 3. The molecule has 1 aromatic carbocycles. The van der Waals surface area contributed by atoms with Crippen LogP contribution in [0.2, 0.25) is 0 Å². The van der Waals surface area contributed by atoms with Gasteiger partial charge >= 0.3 is 5.97 Å². The third-order valence-electron chi connectivity index (χ3n) is 2.28. The monoisotopic (exact) mass is 294 g/mol. The molecule has 1 aromatic heterocycles. The molecule has 4 heteroatoms. The fraction of sp³-hybridized carbons (Fsp3) is 0.154. The number of esters is 1. The summed E-state index contributed by atoms with van der Waals surface area (Å²) in [6, 6.07) is 9.69. The molecule has 2 aromatic rings. The summed E-state index contributed by atoms with van der Waals surface area (Å²) in [6.45, 7) is 2.08. The summed E-state index contributed by atoms with van der Waals surface area (Å²) in [7, 11) is 0. The average Bonchev–Trinajstić information content (AvgIpc) is 2.72. The van der Waals surface area contributed by atoms with Gasteiger partial charge < -0.3 is 9.15 Å². The van der Waals surface area contributed by atoms with Crippen LogP contribution in [0.4, 0.5) is 0 Å². The molecule has 2 rings (SSSR count). The molecule has 0 bridgehead atoms. The topological polar surface area (TPSA) is 39.4 Å². The third kappa shape index (κ3) is 2.42. The lowest BCUT2D eigenvalue weighted by Gasteiger charge is -1.99. The van der Waals surface area contributed by atoms with Crippen molar-refractivity contribution in [3.8, 4) is 11.1 Å². The van der Waals surface area contributed by atoms with Crippen LogP contribution in [0.1, 0.15) is 17.5 Å². The van der Waals surface area contributed by atoms with Crippen molar-refractivity contribution in [2.24, 2.45) is 0 Å². The van der Waals surface area contributed by atoms with Crippen LogP contribution in [0.3, 0.4) is 0 Å². The third-order valence-corrected chi connectivity index (χ3v) is 3.06. The predicted octanol–water partition coefficient (Wildman–Crippen LogP) is 3.89. The predicted molar refractivity (Wildman–Crippen MR) is 67.8 cm³/mol. The second kappa shape index (κ2) is 5.19. The molecule has 0 aliphatic rings. The molecule has 0 atom stereocenters. The molecule has 88 valence electrons. The van der Waals surface area contributed by atoms with Crippen LogP contribution >= 0.6 is 15.9 Å². The van der Waals surface area contributed by atoms with Gasteiger partial charge in [0, 0.05) is 5.56 Å². The zero-order chi connectivity index (χ0) is 12.3. The Morgan fingerprint density at radius 1 is 1.35 bits per heavy atom. The standard InChI is InChI=1S/C13H11BrO3/c1-2-16-13(15)12-11(14)10(8-17-12)9-6-4-3-5-7-9/h3-8H,2H2,1H3. The van der Waals surface area contributed by atoms with Gasteiger partial charge in [-0.05, 0) is 28.4 Å². The van der Waals surface area contributed by atoms with E-state index in [0.29, 0.717) is 11.1 Å². The van der Waals surface area contributed by atoms with E-state index in [2.05, 4.69) is 15.9 Å². The van der Waals surface area contributed by atoms with E-state index in [0.717, 1.165) is 11.1 Å². The molecule has 0 unspecified atom stereocenters. The van der Waals surface area contributed by atoms with Crippen LogP contribution in [-0.4, -0.2) is 12.6 Å². The van der Waals surface area contributed by atoms with Crippen LogP contribution in [0, 0.1) is 0 Å². The average molecular weight is 295 g/mol. The number of benzene rings is 1. The maximum Gasteiger partial charge on any atom is 0.375 e. The lowest BCUT2D eigenvalue weighted by molar-refractivity contribution is 0.0488. The first kappa shape index (κ1) is 11.9. The summed E-state index contributed by atoms with van der Waals surface area (Å²) in [5, 5.41) is 0. The van der Waals surface area contributed by atoms with Gasteiger partial charge in [-0.1, -0.05) is 30.3 Å². The van der Waals surface area contributed by atoms with Crippen LogP contribution < -0.4 is 0 Å². The van der Waals surface area contributed by atoms with E-state index in [4.69, 9.17) is 9.15 Å². The van der Waals surface area contributed by atoms with Crippen molar-refractivity contribution in [2.75, 3.05) is 6.61 Å². The molecule has 0 radical (unpaired) electrons. The molecule has 0 aliphatic carbocycles. The Morgan fingerprint density at radius 3 is 2.71 bits per heavy atom. The van der Waals surface area contributed by atoms with E-state index in [1.54, 1.807) is 13.2 Å². The van der Waals surface area contributed by atoms with Crippen LogP contribution in [0.5, 0.6) is 0 Å². The number of ether oxygens (including phenoxy) is 1. The van der Waals surface area contributed by atoms with Crippen molar-refractivity contribution in [3.05, 3.63) is 46.8 Å². The second-order valence-corrected chi connectivity index (χ2v) is 4.17. The van der Waals surface area contributed by atoms with Gasteiger partial charge in [0.15, 0.2) is 0 Å². The summed E-state index contributed by atoms with van der Waals surface area (Å²) in [5.74, 6) is -0.257. The fourth-order valence-corrected chi connectivity index (χ4v) is 2.07. The zero-order valence-electron chi connectivity index (χ0n) is 9.27. The SMILES string of the molecule is CCOC(=O)c1occ(-c2ccccc2)c1Br. The summed E-state index contributed by atoms with van der Waals surface area (Å²) in [6.07, 6.45) is 1.55. The fourth-order valence-electron chi connectivity index (χ4n) is 1.49. The normalized spacial score (nSPS) is 10.2. The van der Waals surface area contributed by atoms with Crippen molar-refractivity contribution in [1.82, 2.24) is 0 Å². The Bertz CT molecular complexity index is 517. The van der Waals surface area contributed by atoms with E-state index >= 15 is 0 Å². The van der Waals surface area contributed by atoms with Gasteiger partial charge in [-0.2, -0.15) is 0 Å². The van der Waals surface area contributed by atoms with Crippen molar-refractivity contribution in [1.29, 1.82) is 0 Å². The van der Waals surface area contributed by atoms with E-state index < -0.39 is 5.97 Å². The molecular formula is C13H11BrO3. The van der Waals surface area contributed by atoms with Crippen LogP contribution in [-0.2, 0) is 4.74 Å². The highest BCUT2D eigenvalue weighted by Gasteiger charge is 2.19. The Morgan fingerprint density at radius 2 is 2.06 bits per heavy atom. The molecular weight excluding hydrogens is 284 g/mol.